The van der Waals surface area contributed by atoms with E-state index in [2.05, 4.69) is 32.2 Å². The van der Waals surface area contributed by atoms with E-state index in [0.717, 1.165) is 24.1 Å². The number of para-hydroxylation sites is 1. The summed E-state index contributed by atoms with van der Waals surface area (Å²) in [6, 6.07) is 7.95. The molecule has 1 aromatic carbocycles. The van der Waals surface area contributed by atoms with Crippen LogP contribution in [0, 0.1) is 0 Å². The highest BCUT2D eigenvalue weighted by Gasteiger charge is 2.16. The normalized spacial score (nSPS) is 10.6. The van der Waals surface area contributed by atoms with E-state index in [1.165, 1.54) is 0 Å². The Kier molecular flexibility index (Phi) is 7.64. The van der Waals surface area contributed by atoms with Gasteiger partial charge in [0.05, 0.1) is 0 Å². The molecule has 0 atom stereocenters. The van der Waals surface area contributed by atoms with Crippen LogP contribution in [-0.2, 0) is 9.59 Å². The number of unbranched alkanes of at least 4 members (excludes halogenated alkanes) is 1. The van der Waals surface area contributed by atoms with E-state index in [1.807, 2.05) is 18.2 Å². The number of hydrogen-bond donors (Lipinski definition) is 1. The monoisotopic (exact) mass is 304 g/mol. The lowest BCUT2D eigenvalue weighted by Crippen LogP contribution is -2.38. The van der Waals surface area contributed by atoms with Crippen molar-refractivity contribution in [2.75, 3.05) is 18.0 Å². The van der Waals surface area contributed by atoms with Gasteiger partial charge in [-0.2, -0.15) is 0 Å². The van der Waals surface area contributed by atoms with Gasteiger partial charge in [0.25, 0.3) is 0 Å². The molecule has 0 saturated carbocycles. The van der Waals surface area contributed by atoms with E-state index in [1.54, 1.807) is 11.8 Å². The van der Waals surface area contributed by atoms with Gasteiger partial charge in [0.1, 0.15) is 0 Å². The number of anilines is 1. The van der Waals surface area contributed by atoms with Crippen LogP contribution in [0.1, 0.15) is 58.4 Å². The molecule has 0 spiro atoms. The van der Waals surface area contributed by atoms with E-state index in [-0.39, 0.29) is 11.8 Å². The van der Waals surface area contributed by atoms with Crippen LogP contribution in [0.25, 0.3) is 0 Å². The first kappa shape index (κ1) is 18.2. The van der Waals surface area contributed by atoms with Gasteiger partial charge in [-0.3, -0.25) is 9.59 Å². The number of carbonyl (C=O) groups excluding carboxylic acids is 2. The minimum absolute atomic E-state index is 0.00379. The zero-order valence-electron chi connectivity index (χ0n) is 14.2. The van der Waals surface area contributed by atoms with Crippen molar-refractivity contribution in [1.29, 1.82) is 0 Å². The second kappa shape index (κ2) is 9.23. The molecule has 1 aromatic rings. The van der Waals surface area contributed by atoms with Gasteiger partial charge in [0.2, 0.25) is 11.8 Å². The molecule has 0 saturated heterocycles. The van der Waals surface area contributed by atoms with Crippen LogP contribution in [0.15, 0.2) is 24.3 Å². The van der Waals surface area contributed by atoms with Crippen LogP contribution >= 0.6 is 0 Å². The molecule has 2 amide bonds. The molecule has 0 fully saturated rings. The lowest BCUT2D eigenvalue weighted by molar-refractivity contribution is -0.121. The molecule has 0 aliphatic rings. The fourth-order valence-electron chi connectivity index (χ4n) is 2.40. The summed E-state index contributed by atoms with van der Waals surface area (Å²) in [5.41, 5.74) is 2.09. The maximum Gasteiger partial charge on any atom is 0.223 e. The molecule has 0 aliphatic carbocycles. The van der Waals surface area contributed by atoms with Crippen molar-refractivity contribution in [3.63, 3.8) is 0 Å². The fraction of sp³-hybridized carbons (Fsp3) is 0.556. The predicted molar refractivity (Wildman–Crippen MR) is 91.1 cm³/mol. The number of benzene rings is 1. The highest BCUT2D eigenvalue weighted by Crippen LogP contribution is 2.27. The topological polar surface area (TPSA) is 49.4 Å². The number of nitrogens with zero attached hydrogens (tertiary/aromatic N) is 1. The largest absolute Gasteiger partial charge is 0.354 e. The summed E-state index contributed by atoms with van der Waals surface area (Å²) in [5.74, 6) is 0.399. The maximum absolute atomic E-state index is 12.0. The minimum atomic E-state index is -0.00379. The molecule has 4 heteroatoms. The zero-order chi connectivity index (χ0) is 16.5. The van der Waals surface area contributed by atoms with Gasteiger partial charge in [0, 0.05) is 32.1 Å². The Morgan fingerprint density at radius 1 is 1.23 bits per heavy atom. The van der Waals surface area contributed by atoms with Gasteiger partial charge in [0.15, 0.2) is 0 Å². The van der Waals surface area contributed by atoms with Crippen LogP contribution in [-0.4, -0.2) is 24.9 Å². The first-order chi connectivity index (χ1) is 10.5. The second-order valence-electron chi connectivity index (χ2n) is 5.84. The lowest BCUT2D eigenvalue weighted by Gasteiger charge is -2.25. The Balaban J connectivity index is 2.71. The van der Waals surface area contributed by atoms with Crippen LogP contribution < -0.4 is 10.2 Å². The Morgan fingerprint density at radius 3 is 2.50 bits per heavy atom. The lowest BCUT2D eigenvalue weighted by atomic mass is 10.0. The number of nitrogens with one attached hydrogen (secondary N) is 1. The van der Waals surface area contributed by atoms with Gasteiger partial charge >= 0.3 is 0 Å². The third-order valence-corrected chi connectivity index (χ3v) is 3.64. The van der Waals surface area contributed by atoms with E-state index in [4.69, 9.17) is 0 Å². The van der Waals surface area contributed by atoms with Crippen molar-refractivity contribution in [1.82, 2.24) is 5.32 Å². The van der Waals surface area contributed by atoms with Gasteiger partial charge in [-0.15, -0.1) is 0 Å². The fourth-order valence-corrected chi connectivity index (χ4v) is 2.40. The summed E-state index contributed by atoms with van der Waals surface area (Å²) >= 11 is 0. The highest BCUT2D eigenvalue weighted by atomic mass is 16.2. The summed E-state index contributed by atoms with van der Waals surface area (Å²) in [5, 5.41) is 2.89. The van der Waals surface area contributed by atoms with E-state index < -0.39 is 0 Å². The first-order valence-electron chi connectivity index (χ1n) is 8.11. The first-order valence-corrected chi connectivity index (χ1v) is 8.11. The number of amides is 2. The number of rotatable bonds is 8. The Labute approximate surface area is 133 Å². The molecule has 4 nitrogen and oxygen atoms in total. The Morgan fingerprint density at radius 2 is 1.91 bits per heavy atom. The van der Waals surface area contributed by atoms with Crippen LogP contribution in [0.4, 0.5) is 5.69 Å². The summed E-state index contributed by atoms with van der Waals surface area (Å²) in [6.07, 6.45) is 2.46. The Bertz CT molecular complexity index is 498. The molecule has 0 radical (unpaired) electrons. The van der Waals surface area contributed by atoms with Crippen molar-refractivity contribution in [3.8, 4) is 0 Å². The summed E-state index contributed by atoms with van der Waals surface area (Å²) < 4.78 is 0. The second-order valence-corrected chi connectivity index (χ2v) is 5.84. The van der Waals surface area contributed by atoms with Crippen molar-refractivity contribution in [3.05, 3.63) is 29.8 Å². The molecular formula is C18H28N2O2. The van der Waals surface area contributed by atoms with Gasteiger partial charge in [-0.25, -0.2) is 0 Å². The summed E-state index contributed by atoms with van der Waals surface area (Å²) in [6.45, 7) is 8.84. The molecule has 1 rings (SSSR count). The highest BCUT2D eigenvalue weighted by molar-refractivity contribution is 5.92. The maximum atomic E-state index is 12.0. The van der Waals surface area contributed by atoms with E-state index >= 15 is 0 Å². The van der Waals surface area contributed by atoms with Gasteiger partial charge in [-0.05, 0) is 24.0 Å². The van der Waals surface area contributed by atoms with E-state index in [0.29, 0.717) is 25.4 Å². The molecular weight excluding hydrogens is 276 g/mol. The molecule has 1 N–H and O–H groups in total. The standard InChI is InChI=1S/C18H28N2O2/c1-5-6-11-18(22)19-12-13-20(15(4)21)17-10-8-7-9-16(17)14(2)3/h7-10,14H,5-6,11-13H2,1-4H3,(H,19,22). The average molecular weight is 304 g/mol. The molecule has 22 heavy (non-hydrogen) atoms. The van der Waals surface area contributed by atoms with Crippen molar-refractivity contribution >= 4 is 17.5 Å². The zero-order valence-corrected chi connectivity index (χ0v) is 14.2. The molecule has 0 heterocycles. The quantitative estimate of drug-likeness (QED) is 0.799. The third kappa shape index (κ3) is 5.51. The number of carbonyl (C=O) groups is 2. The molecule has 0 bridgehead atoms. The van der Waals surface area contributed by atoms with Crippen LogP contribution in [0.3, 0.4) is 0 Å². The summed E-state index contributed by atoms with van der Waals surface area (Å²) in [7, 11) is 0. The van der Waals surface area contributed by atoms with Crippen molar-refractivity contribution < 1.29 is 9.59 Å². The minimum Gasteiger partial charge on any atom is -0.354 e. The van der Waals surface area contributed by atoms with E-state index in [9.17, 15) is 9.59 Å². The van der Waals surface area contributed by atoms with Gasteiger partial charge < -0.3 is 10.2 Å². The SMILES string of the molecule is CCCCC(=O)NCCN(C(C)=O)c1ccccc1C(C)C. The molecule has 0 unspecified atom stereocenters. The number of hydrogen-bond acceptors (Lipinski definition) is 2. The predicted octanol–water partition coefficient (Wildman–Crippen LogP) is 3.47. The third-order valence-electron chi connectivity index (χ3n) is 3.64. The molecule has 0 aromatic heterocycles. The average Bonchev–Trinajstić information content (AvgIpc) is 2.49. The summed E-state index contributed by atoms with van der Waals surface area (Å²) in [4.78, 5) is 25.4. The molecule has 122 valence electrons. The van der Waals surface area contributed by atoms with Gasteiger partial charge in [-0.1, -0.05) is 45.4 Å². The van der Waals surface area contributed by atoms with Crippen LogP contribution in [0.2, 0.25) is 0 Å². The Hall–Kier alpha value is -1.84. The smallest absolute Gasteiger partial charge is 0.223 e. The van der Waals surface area contributed by atoms with Crippen molar-refractivity contribution in [2.24, 2.45) is 0 Å². The molecule has 0 aliphatic heterocycles. The van der Waals surface area contributed by atoms with Crippen LogP contribution in [0.5, 0.6) is 0 Å². The van der Waals surface area contributed by atoms with Crippen molar-refractivity contribution in [2.45, 2.75) is 52.9 Å².